The van der Waals surface area contributed by atoms with E-state index in [0.29, 0.717) is 5.88 Å². The molecule has 2 aromatic rings. The van der Waals surface area contributed by atoms with Gasteiger partial charge in [-0.3, -0.25) is 0 Å². The Morgan fingerprint density at radius 3 is 2.88 bits per heavy atom. The number of hydrogen-bond acceptors (Lipinski definition) is 3. The predicted octanol–water partition coefficient (Wildman–Crippen LogP) is 4.32. The third-order valence-corrected chi connectivity index (χ3v) is 3.92. The van der Waals surface area contributed by atoms with Gasteiger partial charge in [-0.2, -0.15) is 0 Å². The first-order valence-corrected chi connectivity index (χ1v) is 6.79. The normalized spacial score (nSPS) is 10.4. The lowest BCUT2D eigenvalue weighted by molar-refractivity contribution is 0.412. The fourth-order valence-corrected chi connectivity index (χ4v) is 2.89. The van der Waals surface area contributed by atoms with Crippen LogP contribution in [0.15, 0.2) is 28.1 Å². The zero-order valence-corrected chi connectivity index (χ0v) is 11.7. The zero-order valence-electron chi connectivity index (χ0n) is 8.54. The highest BCUT2D eigenvalue weighted by Gasteiger charge is 2.07. The van der Waals surface area contributed by atoms with E-state index in [4.69, 9.17) is 16.3 Å². The van der Waals surface area contributed by atoms with Gasteiger partial charge in [-0.25, -0.2) is 4.98 Å². The summed E-state index contributed by atoms with van der Waals surface area (Å²) in [6.07, 6.45) is 0. The van der Waals surface area contributed by atoms with E-state index in [0.717, 1.165) is 26.5 Å². The molecule has 1 aromatic carbocycles. The fourth-order valence-electron chi connectivity index (χ4n) is 1.30. The summed E-state index contributed by atoms with van der Waals surface area (Å²) < 4.78 is 6.10. The third-order valence-electron chi connectivity index (χ3n) is 2.09. The standard InChI is InChI=1S/C11H9BrClNOS/c1-15-10-3-2-7(4-9(10)12)11-14-8(5-13)6-16-11/h2-4,6H,5H2,1H3. The van der Waals surface area contributed by atoms with E-state index in [1.807, 2.05) is 23.6 Å². The van der Waals surface area contributed by atoms with Crippen LogP contribution in [0.3, 0.4) is 0 Å². The summed E-state index contributed by atoms with van der Waals surface area (Å²) in [5.41, 5.74) is 1.97. The van der Waals surface area contributed by atoms with Crippen LogP contribution in [0.25, 0.3) is 10.6 Å². The van der Waals surface area contributed by atoms with Gasteiger partial charge >= 0.3 is 0 Å². The first kappa shape index (κ1) is 11.9. The van der Waals surface area contributed by atoms with Crippen LogP contribution in [0.5, 0.6) is 5.75 Å². The van der Waals surface area contributed by atoms with Crippen LogP contribution in [0.2, 0.25) is 0 Å². The van der Waals surface area contributed by atoms with E-state index in [1.165, 1.54) is 0 Å². The molecule has 0 N–H and O–H groups in total. The number of nitrogens with zero attached hydrogens (tertiary/aromatic N) is 1. The van der Waals surface area contributed by atoms with Crippen molar-refractivity contribution in [1.29, 1.82) is 0 Å². The van der Waals surface area contributed by atoms with Crippen LogP contribution >= 0.6 is 38.9 Å². The minimum Gasteiger partial charge on any atom is -0.496 e. The molecule has 0 aliphatic carbocycles. The molecule has 5 heteroatoms. The van der Waals surface area contributed by atoms with Crippen LogP contribution in [0.4, 0.5) is 0 Å². The quantitative estimate of drug-likeness (QED) is 0.786. The maximum Gasteiger partial charge on any atom is 0.133 e. The van der Waals surface area contributed by atoms with Crippen molar-refractivity contribution < 1.29 is 4.74 Å². The Kier molecular flexibility index (Phi) is 3.84. The largest absolute Gasteiger partial charge is 0.496 e. The average Bonchev–Trinajstić information content (AvgIpc) is 2.77. The number of halogens is 2. The Hall–Kier alpha value is -0.580. The van der Waals surface area contributed by atoms with Gasteiger partial charge in [0.1, 0.15) is 10.8 Å². The van der Waals surface area contributed by atoms with Gasteiger partial charge in [-0.1, -0.05) is 0 Å². The van der Waals surface area contributed by atoms with E-state index in [-0.39, 0.29) is 0 Å². The molecule has 1 aromatic heterocycles. The van der Waals surface area contributed by atoms with Crippen molar-refractivity contribution in [2.45, 2.75) is 5.88 Å². The topological polar surface area (TPSA) is 22.1 Å². The van der Waals surface area contributed by atoms with Gasteiger partial charge in [-0.05, 0) is 34.1 Å². The molecule has 0 saturated carbocycles. The third kappa shape index (κ3) is 2.39. The minimum atomic E-state index is 0.452. The Balaban J connectivity index is 2.37. The molecule has 2 rings (SSSR count). The molecule has 0 atom stereocenters. The van der Waals surface area contributed by atoms with Crippen molar-refractivity contribution in [3.63, 3.8) is 0 Å². The molecule has 2 nitrogen and oxygen atoms in total. The van der Waals surface area contributed by atoms with E-state index in [2.05, 4.69) is 20.9 Å². The van der Waals surface area contributed by atoms with Crippen molar-refractivity contribution in [3.05, 3.63) is 33.7 Å². The van der Waals surface area contributed by atoms with Gasteiger partial charge in [0, 0.05) is 10.9 Å². The van der Waals surface area contributed by atoms with Crippen LogP contribution in [-0.2, 0) is 5.88 Å². The summed E-state index contributed by atoms with van der Waals surface area (Å²) in [6, 6.07) is 5.90. The van der Waals surface area contributed by atoms with E-state index in [9.17, 15) is 0 Å². The van der Waals surface area contributed by atoms with Crippen LogP contribution in [0, 0.1) is 0 Å². The van der Waals surface area contributed by atoms with Crippen molar-refractivity contribution in [1.82, 2.24) is 4.98 Å². The van der Waals surface area contributed by atoms with Gasteiger partial charge in [-0.15, -0.1) is 22.9 Å². The maximum atomic E-state index is 5.72. The number of methoxy groups -OCH3 is 1. The molecule has 0 spiro atoms. The number of benzene rings is 1. The number of alkyl halides is 1. The molecule has 0 aliphatic rings. The SMILES string of the molecule is COc1ccc(-c2nc(CCl)cs2)cc1Br. The van der Waals surface area contributed by atoms with Crippen LogP contribution in [-0.4, -0.2) is 12.1 Å². The summed E-state index contributed by atoms with van der Waals surface area (Å²) >= 11 is 10.8. The predicted molar refractivity (Wildman–Crippen MR) is 71.4 cm³/mol. The zero-order chi connectivity index (χ0) is 11.5. The molecule has 0 unspecified atom stereocenters. The van der Waals surface area contributed by atoms with Crippen molar-refractivity contribution >= 4 is 38.9 Å². The molecule has 1 heterocycles. The summed E-state index contributed by atoms with van der Waals surface area (Å²) in [6.45, 7) is 0. The Bertz CT molecular complexity index is 500. The Morgan fingerprint density at radius 1 is 1.50 bits per heavy atom. The molecular weight excluding hydrogens is 310 g/mol. The first-order valence-electron chi connectivity index (χ1n) is 4.59. The lowest BCUT2D eigenvalue weighted by Gasteiger charge is -2.04. The summed E-state index contributed by atoms with van der Waals surface area (Å²) in [5.74, 6) is 1.27. The van der Waals surface area contributed by atoms with E-state index < -0.39 is 0 Å². The van der Waals surface area contributed by atoms with Gasteiger partial charge < -0.3 is 4.74 Å². The lowest BCUT2D eigenvalue weighted by Crippen LogP contribution is -1.85. The van der Waals surface area contributed by atoms with Crippen molar-refractivity contribution in [2.24, 2.45) is 0 Å². The van der Waals surface area contributed by atoms with Gasteiger partial charge in [0.05, 0.1) is 23.2 Å². The highest BCUT2D eigenvalue weighted by atomic mass is 79.9. The molecule has 0 saturated heterocycles. The van der Waals surface area contributed by atoms with Crippen molar-refractivity contribution in [3.8, 4) is 16.3 Å². The smallest absolute Gasteiger partial charge is 0.133 e. The van der Waals surface area contributed by atoms with Crippen LogP contribution < -0.4 is 4.74 Å². The highest BCUT2D eigenvalue weighted by Crippen LogP contribution is 2.32. The van der Waals surface area contributed by atoms with Gasteiger partial charge in [0.2, 0.25) is 0 Å². The minimum absolute atomic E-state index is 0.452. The molecule has 16 heavy (non-hydrogen) atoms. The molecule has 84 valence electrons. The van der Waals surface area contributed by atoms with Gasteiger partial charge in [0.15, 0.2) is 0 Å². The fraction of sp³-hybridized carbons (Fsp3) is 0.182. The second-order valence-corrected chi connectivity index (χ2v) is 5.11. The number of aromatic nitrogens is 1. The van der Waals surface area contributed by atoms with E-state index in [1.54, 1.807) is 18.4 Å². The molecule has 0 bridgehead atoms. The van der Waals surface area contributed by atoms with Gasteiger partial charge in [0.25, 0.3) is 0 Å². The molecule has 0 aliphatic heterocycles. The second kappa shape index (κ2) is 5.17. The Labute approximate surface area is 111 Å². The summed E-state index contributed by atoms with van der Waals surface area (Å²) in [7, 11) is 1.65. The highest BCUT2D eigenvalue weighted by molar-refractivity contribution is 9.10. The number of thiazole rings is 1. The van der Waals surface area contributed by atoms with Crippen LogP contribution in [0.1, 0.15) is 5.69 Å². The lowest BCUT2D eigenvalue weighted by atomic mass is 10.2. The molecule has 0 fully saturated rings. The maximum absolute atomic E-state index is 5.72. The molecule has 0 amide bonds. The first-order chi connectivity index (χ1) is 7.74. The number of ether oxygens (including phenoxy) is 1. The number of rotatable bonds is 3. The molecular formula is C11H9BrClNOS. The average molecular weight is 319 g/mol. The summed E-state index contributed by atoms with van der Waals surface area (Å²) in [4.78, 5) is 4.42. The summed E-state index contributed by atoms with van der Waals surface area (Å²) in [5, 5.41) is 2.94. The molecule has 0 radical (unpaired) electrons. The number of hydrogen-bond donors (Lipinski definition) is 0. The van der Waals surface area contributed by atoms with E-state index >= 15 is 0 Å². The monoisotopic (exact) mass is 317 g/mol. The second-order valence-electron chi connectivity index (χ2n) is 3.13. The Morgan fingerprint density at radius 2 is 2.31 bits per heavy atom. The van der Waals surface area contributed by atoms with Crippen molar-refractivity contribution in [2.75, 3.05) is 7.11 Å².